The van der Waals surface area contributed by atoms with Gasteiger partial charge in [0.15, 0.2) is 0 Å². The normalized spacial score (nSPS) is 17.7. The first-order valence-corrected chi connectivity index (χ1v) is 18.0. The van der Waals surface area contributed by atoms with E-state index in [1.807, 2.05) is 25.8 Å². The molecular weight excluding hydrogens is 693 g/mol. The van der Waals surface area contributed by atoms with Crippen LogP contribution in [0.2, 0.25) is 0 Å². The number of halogens is 1. The van der Waals surface area contributed by atoms with E-state index in [1.54, 1.807) is 5.38 Å². The monoisotopic (exact) mass is 741 g/mol. The van der Waals surface area contributed by atoms with Gasteiger partial charge in [-0.05, 0) is 91.4 Å². The molecule has 0 bridgehead atoms. The second-order valence-corrected chi connectivity index (χ2v) is 14.4. The number of aryl methyl sites for hydroxylation is 1. The van der Waals surface area contributed by atoms with Gasteiger partial charge in [0.05, 0.1) is 16.9 Å². The number of hydrogen-bond donors (Lipinski definition) is 3. The molecule has 4 atom stereocenters. The van der Waals surface area contributed by atoms with Crippen molar-refractivity contribution < 1.29 is 14.4 Å². The van der Waals surface area contributed by atoms with Crippen LogP contribution in [0.5, 0.6) is 0 Å². The lowest BCUT2D eigenvalue weighted by atomic mass is 9.93. The van der Waals surface area contributed by atoms with Crippen LogP contribution in [0.3, 0.4) is 0 Å². The molecule has 1 aliphatic heterocycles. The number of thiazole rings is 1. The predicted molar refractivity (Wildman–Crippen MR) is 187 cm³/mol. The maximum atomic E-state index is 14.0. The van der Waals surface area contributed by atoms with Gasteiger partial charge in [-0.1, -0.05) is 52.7 Å². The number of thiol groups is 1. The summed E-state index contributed by atoms with van der Waals surface area (Å²) in [5.41, 5.74) is 1.61. The molecule has 0 saturated carbocycles. The molecule has 1 aliphatic rings. The van der Waals surface area contributed by atoms with Gasteiger partial charge in [-0.2, -0.15) is 12.6 Å². The number of benzene rings is 1. The average molecular weight is 742 g/mol. The van der Waals surface area contributed by atoms with Gasteiger partial charge in [0.2, 0.25) is 11.8 Å². The van der Waals surface area contributed by atoms with Crippen molar-refractivity contribution in [2.24, 2.45) is 11.8 Å². The molecule has 1 aromatic heterocycles. The maximum absolute atomic E-state index is 14.0. The molecule has 2 N–H and O–H groups in total. The minimum absolute atomic E-state index is 0.00813. The van der Waals surface area contributed by atoms with Crippen molar-refractivity contribution in [1.82, 2.24) is 25.4 Å². The van der Waals surface area contributed by atoms with Gasteiger partial charge >= 0.3 is 0 Å². The molecule has 43 heavy (non-hydrogen) atoms. The third-order valence-corrected chi connectivity index (χ3v) is 10.4. The number of carbonyl (C=O) groups excluding carboxylic acids is 3. The number of carbonyl (C=O) groups is 3. The van der Waals surface area contributed by atoms with E-state index in [2.05, 4.69) is 93.9 Å². The molecule has 2 heterocycles. The Balaban J connectivity index is 1.61. The van der Waals surface area contributed by atoms with Crippen molar-refractivity contribution in [2.45, 2.75) is 90.8 Å². The molecule has 2 unspecified atom stereocenters. The summed E-state index contributed by atoms with van der Waals surface area (Å²) in [6, 6.07) is 7.40. The van der Waals surface area contributed by atoms with E-state index >= 15 is 0 Å². The van der Waals surface area contributed by atoms with Gasteiger partial charge in [-0.25, -0.2) is 4.98 Å². The standard InChI is InChI=1S/C32H48IN5O3S2/c1-6-22(4)29(36-31(40)27-9-7-8-18-37(27)5)32(41)38(20-42)26(21(2)3)14-15-28-35-25(19-43-28)30(39)34-17-16-23-10-12-24(33)13-11-23/h10-13,19,21-22,26-27,29,42H,6-9,14-18,20H2,1-5H3,(H,34,39)(H,36,40)/t22?,26-,27-,29?/m1/s1. The van der Waals surface area contributed by atoms with E-state index < -0.39 is 6.04 Å². The van der Waals surface area contributed by atoms with E-state index in [4.69, 9.17) is 0 Å². The number of hydrogen-bond acceptors (Lipinski definition) is 7. The van der Waals surface area contributed by atoms with E-state index in [0.29, 0.717) is 25.1 Å². The fourth-order valence-electron chi connectivity index (χ4n) is 5.57. The lowest BCUT2D eigenvalue weighted by Gasteiger charge is -2.38. The highest BCUT2D eigenvalue weighted by atomic mass is 127. The third-order valence-electron chi connectivity index (χ3n) is 8.51. The summed E-state index contributed by atoms with van der Waals surface area (Å²) in [7, 11) is 1.98. The molecular formula is C32H48IN5O3S2. The molecule has 238 valence electrons. The number of piperidine rings is 1. The summed E-state index contributed by atoms with van der Waals surface area (Å²) in [4.78, 5) is 48.6. The second kappa shape index (κ2) is 17.7. The zero-order chi connectivity index (χ0) is 31.5. The summed E-state index contributed by atoms with van der Waals surface area (Å²) in [5, 5.41) is 8.78. The number of likely N-dealkylation sites (N-methyl/N-ethyl adjacent to an activating group) is 1. The van der Waals surface area contributed by atoms with Crippen LogP contribution in [0.15, 0.2) is 29.6 Å². The SMILES string of the molecule is CCC(C)C(NC(=O)[C@H]1CCCCN1C)C(=O)N(CS)[C@H](CCc1nc(C(=O)NCCc2ccc(I)cc2)cs1)C(C)C. The van der Waals surface area contributed by atoms with Crippen molar-refractivity contribution in [3.8, 4) is 0 Å². The molecule has 1 fully saturated rings. The first-order valence-electron chi connectivity index (χ1n) is 15.4. The quantitative estimate of drug-likeness (QED) is 0.129. The highest BCUT2D eigenvalue weighted by Gasteiger charge is 2.36. The van der Waals surface area contributed by atoms with Crippen molar-refractivity contribution in [3.05, 3.63) is 49.5 Å². The van der Waals surface area contributed by atoms with Crippen LogP contribution in [0, 0.1) is 15.4 Å². The summed E-state index contributed by atoms with van der Waals surface area (Å²) >= 11 is 8.33. The smallest absolute Gasteiger partial charge is 0.270 e. The van der Waals surface area contributed by atoms with Crippen LogP contribution in [0.4, 0.5) is 0 Å². The van der Waals surface area contributed by atoms with Crippen LogP contribution < -0.4 is 10.6 Å². The summed E-state index contributed by atoms with van der Waals surface area (Å²) in [6.07, 6.45) is 5.81. The Morgan fingerprint density at radius 3 is 2.51 bits per heavy atom. The van der Waals surface area contributed by atoms with Gasteiger partial charge in [0.1, 0.15) is 11.7 Å². The van der Waals surface area contributed by atoms with Crippen LogP contribution in [-0.2, 0) is 22.4 Å². The minimum atomic E-state index is -0.601. The lowest BCUT2D eigenvalue weighted by Crippen LogP contribution is -2.58. The minimum Gasteiger partial charge on any atom is -0.350 e. The zero-order valence-electron chi connectivity index (χ0n) is 26.1. The Morgan fingerprint density at radius 2 is 1.88 bits per heavy atom. The Hall–Kier alpha value is -1.70. The Labute approximate surface area is 280 Å². The molecule has 1 saturated heterocycles. The highest BCUT2D eigenvalue weighted by molar-refractivity contribution is 14.1. The molecule has 2 aromatic rings. The first kappa shape index (κ1) is 35.8. The topological polar surface area (TPSA) is 94.6 Å². The summed E-state index contributed by atoms with van der Waals surface area (Å²) < 4.78 is 1.19. The Bertz CT molecular complexity index is 1190. The molecule has 0 aliphatic carbocycles. The molecule has 11 heteroatoms. The Morgan fingerprint density at radius 1 is 1.16 bits per heavy atom. The fourth-order valence-corrected chi connectivity index (χ4v) is 7.07. The zero-order valence-corrected chi connectivity index (χ0v) is 30.0. The number of aromatic nitrogens is 1. The fraction of sp³-hybridized carbons (Fsp3) is 0.625. The van der Waals surface area contributed by atoms with Crippen LogP contribution >= 0.6 is 46.6 Å². The predicted octanol–water partition coefficient (Wildman–Crippen LogP) is 5.41. The van der Waals surface area contributed by atoms with Gasteiger partial charge in [0.25, 0.3) is 5.91 Å². The molecule has 3 rings (SSSR count). The molecule has 0 radical (unpaired) electrons. The first-order chi connectivity index (χ1) is 20.5. The molecule has 1 aromatic carbocycles. The lowest BCUT2D eigenvalue weighted by molar-refractivity contribution is -0.141. The van der Waals surface area contributed by atoms with E-state index in [1.165, 1.54) is 20.5 Å². The number of nitrogens with one attached hydrogen (secondary N) is 2. The summed E-state index contributed by atoms with van der Waals surface area (Å²) in [6.45, 7) is 9.73. The van der Waals surface area contributed by atoms with Crippen molar-refractivity contribution in [2.75, 3.05) is 26.0 Å². The van der Waals surface area contributed by atoms with E-state index in [9.17, 15) is 14.4 Å². The molecule has 3 amide bonds. The van der Waals surface area contributed by atoms with E-state index in [0.717, 1.165) is 43.7 Å². The van der Waals surface area contributed by atoms with Gasteiger partial charge in [-0.3, -0.25) is 19.3 Å². The van der Waals surface area contributed by atoms with Gasteiger partial charge < -0.3 is 15.5 Å². The molecule has 0 spiro atoms. The van der Waals surface area contributed by atoms with Crippen molar-refractivity contribution in [1.29, 1.82) is 0 Å². The maximum Gasteiger partial charge on any atom is 0.270 e. The average Bonchev–Trinajstić information content (AvgIpc) is 3.47. The van der Waals surface area contributed by atoms with Gasteiger partial charge in [0, 0.05) is 28.0 Å². The highest BCUT2D eigenvalue weighted by Crippen LogP contribution is 2.24. The molecule has 8 nitrogen and oxygen atoms in total. The largest absolute Gasteiger partial charge is 0.350 e. The Kier molecular flexibility index (Phi) is 14.7. The van der Waals surface area contributed by atoms with Crippen LogP contribution in [-0.4, -0.2) is 76.6 Å². The number of likely N-dealkylation sites (tertiary alicyclic amines) is 1. The van der Waals surface area contributed by atoms with Crippen LogP contribution in [0.1, 0.15) is 80.9 Å². The van der Waals surface area contributed by atoms with Crippen molar-refractivity contribution >= 4 is 64.3 Å². The van der Waals surface area contributed by atoms with Gasteiger partial charge in [-0.15, -0.1) is 11.3 Å². The van der Waals surface area contributed by atoms with Crippen LogP contribution in [0.25, 0.3) is 0 Å². The third kappa shape index (κ3) is 10.4. The second-order valence-electron chi connectivity index (χ2n) is 11.9. The number of nitrogens with zero attached hydrogens (tertiary/aromatic N) is 3. The summed E-state index contributed by atoms with van der Waals surface area (Å²) in [5.74, 6) is 0.121. The number of rotatable bonds is 15. The van der Waals surface area contributed by atoms with E-state index in [-0.39, 0.29) is 47.5 Å². The van der Waals surface area contributed by atoms with Crippen molar-refractivity contribution in [3.63, 3.8) is 0 Å². The number of amides is 3.